The van der Waals surface area contributed by atoms with E-state index in [-0.39, 0.29) is 17.9 Å². The number of halogens is 1. The van der Waals surface area contributed by atoms with Crippen molar-refractivity contribution in [3.05, 3.63) is 59.9 Å². The predicted octanol–water partition coefficient (Wildman–Crippen LogP) is 4.61. The summed E-state index contributed by atoms with van der Waals surface area (Å²) in [7, 11) is 1.61. The van der Waals surface area contributed by atoms with Crippen molar-refractivity contribution in [3.63, 3.8) is 0 Å². The van der Waals surface area contributed by atoms with Gasteiger partial charge in [-0.15, -0.1) is 0 Å². The second-order valence-electron chi connectivity index (χ2n) is 6.52. The van der Waals surface area contributed by atoms with Crippen molar-refractivity contribution in [1.82, 2.24) is 4.90 Å². The molecule has 0 aliphatic carbocycles. The first-order valence-corrected chi connectivity index (χ1v) is 9.23. The summed E-state index contributed by atoms with van der Waals surface area (Å²) in [6, 6.07) is 13.5. The molecular formula is C21H25FN2O3. The number of amides is 2. The molecule has 1 aliphatic rings. The minimum absolute atomic E-state index is 0.0547. The lowest BCUT2D eigenvalue weighted by Gasteiger charge is -2.36. The average molecular weight is 372 g/mol. The molecule has 2 amide bonds. The number of piperidine rings is 1. The molecule has 1 atom stereocenters. The Kier molecular flexibility index (Phi) is 6.65. The third kappa shape index (κ3) is 4.98. The van der Waals surface area contributed by atoms with E-state index >= 15 is 0 Å². The van der Waals surface area contributed by atoms with Gasteiger partial charge in [0.15, 0.2) is 0 Å². The van der Waals surface area contributed by atoms with Crippen molar-refractivity contribution in [3.8, 4) is 5.75 Å². The molecule has 27 heavy (non-hydrogen) atoms. The van der Waals surface area contributed by atoms with Crippen molar-refractivity contribution in [1.29, 1.82) is 0 Å². The standard InChI is InChI=1S/C21H25FN2O3/c1-26-14-15-27-20-8-3-2-6-18(20)23-21(25)24-13-5-4-7-19(24)16-9-11-17(22)12-10-16/h2-3,6,8-12,19H,4-5,7,13-15H2,1H3,(H,23,25). The monoisotopic (exact) mass is 372 g/mol. The van der Waals surface area contributed by atoms with Crippen LogP contribution < -0.4 is 10.1 Å². The maximum Gasteiger partial charge on any atom is 0.322 e. The fraction of sp³-hybridized carbons (Fsp3) is 0.381. The van der Waals surface area contributed by atoms with Gasteiger partial charge < -0.3 is 19.7 Å². The van der Waals surface area contributed by atoms with Crippen molar-refractivity contribution in [2.24, 2.45) is 0 Å². The molecule has 1 aliphatic heterocycles. The molecule has 1 N–H and O–H groups in total. The smallest absolute Gasteiger partial charge is 0.322 e. The summed E-state index contributed by atoms with van der Waals surface area (Å²) in [5.41, 5.74) is 1.58. The fourth-order valence-electron chi connectivity index (χ4n) is 3.32. The SMILES string of the molecule is COCCOc1ccccc1NC(=O)N1CCCCC1c1ccc(F)cc1. The van der Waals surface area contributed by atoms with Crippen LogP contribution in [0.3, 0.4) is 0 Å². The van der Waals surface area contributed by atoms with E-state index in [1.54, 1.807) is 19.2 Å². The Bertz CT molecular complexity index is 751. The first kappa shape index (κ1) is 19.2. The fourth-order valence-corrected chi connectivity index (χ4v) is 3.32. The normalized spacial score (nSPS) is 16.8. The van der Waals surface area contributed by atoms with Crippen molar-refractivity contribution >= 4 is 11.7 Å². The molecule has 2 aromatic rings. The highest BCUT2D eigenvalue weighted by Crippen LogP contribution is 2.32. The first-order chi connectivity index (χ1) is 13.2. The van der Waals surface area contributed by atoms with Crippen LogP contribution in [0.4, 0.5) is 14.9 Å². The molecule has 5 nitrogen and oxygen atoms in total. The van der Waals surface area contributed by atoms with Gasteiger partial charge in [-0.3, -0.25) is 0 Å². The number of anilines is 1. The van der Waals surface area contributed by atoms with Gasteiger partial charge in [0, 0.05) is 13.7 Å². The van der Waals surface area contributed by atoms with Gasteiger partial charge in [0.1, 0.15) is 18.2 Å². The Morgan fingerprint density at radius 1 is 1.15 bits per heavy atom. The van der Waals surface area contributed by atoms with Crippen LogP contribution in [-0.4, -0.2) is 37.8 Å². The third-order valence-electron chi connectivity index (χ3n) is 4.69. The Hall–Kier alpha value is -2.60. The van der Waals surface area contributed by atoms with Crippen LogP contribution in [0.2, 0.25) is 0 Å². The maximum atomic E-state index is 13.3. The Balaban J connectivity index is 1.73. The van der Waals surface area contributed by atoms with Crippen LogP contribution >= 0.6 is 0 Å². The number of nitrogens with zero attached hydrogens (tertiary/aromatic N) is 1. The second kappa shape index (κ2) is 9.37. The number of methoxy groups -OCH3 is 1. The molecule has 0 radical (unpaired) electrons. The average Bonchev–Trinajstić information content (AvgIpc) is 2.70. The number of hydrogen-bond donors (Lipinski definition) is 1. The summed E-state index contributed by atoms with van der Waals surface area (Å²) in [4.78, 5) is 14.8. The topological polar surface area (TPSA) is 50.8 Å². The van der Waals surface area contributed by atoms with Crippen molar-refractivity contribution in [2.45, 2.75) is 25.3 Å². The van der Waals surface area contributed by atoms with E-state index in [1.807, 2.05) is 29.2 Å². The molecule has 6 heteroatoms. The van der Waals surface area contributed by atoms with Gasteiger partial charge in [0.05, 0.1) is 18.3 Å². The number of para-hydroxylation sites is 2. The highest BCUT2D eigenvalue weighted by atomic mass is 19.1. The number of nitrogens with one attached hydrogen (secondary N) is 1. The lowest BCUT2D eigenvalue weighted by molar-refractivity contribution is 0.146. The minimum atomic E-state index is -0.271. The molecule has 1 unspecified atom stereocenters. The van der Waals surface area contributed by atoms with Gasteiger partial charge in [-0.2, -0.15) is 0 Å². The van der Waals surface area contributed by atoms with E-state index in [0.717, 1.165) is 24.8 Å². The molecule has 0 spiro atoms. The molecule has 3 rings (SSSR count). The summed E-state index contributed by atoms with van der Waals surface area (Å²) >= 11 is 0. The second-order valence-corrected chi connectivity index (χ2v) is 6.52. The molecule has 0 aromatic heterocycles. The Morgan fingerprint density at radius 3 is 2.70 bits per heavy atom. The number of hydrogen-bond acceptors (Lipinski definition) is 3. The molecule has 0 saturated carbocycles. The zero-order chi connectivity index (χ0) is 19.1. The van der Waals surface area contributed by atoms with Crippen LogP contribution in [0.15, 0.2) is 48.5 Å². The van der Waals surface area contributed by atoms with Crippen LogP contribution in [0, 0.1) is 5.82 Å². The highest BCUT2D eigenvalue weighted by molar-refractivity contribution is 5.91. The summed E-state index contributed by atoms with van der Waals surface area (Å²) in [6.07, 6.45) is 2.87. The molecule has 1 saturated heterocycles. The van der Waals surface area contributed by atoms with Crippen LogP contribution in [-0.2, 0) is 4.74 Å². The third-order valence-corrected chi connectivity index (χ3v) is 4.69. The summed E-state index contributed by atoms with van der Waals surface area (Å²) in [6.45, 7) is 1.55. The number of benzene rings is 2. The van der Waals surface area contributed by atoms with Crippen LogP contribution in [0.1, 0.15) is 30.9 Å². The van der Waals surface area contributed by atoms with E-state index < -0.39 is 0 Å². The van der Waals surface area contributed by atoms with Gasteiger partial charge in [-0.05, 0) is 49.1 Å². The zero-order valence-corrected chi connectivity index (χ0v) is 15.5. The zero-order valence-electron chi connectivity index (χ0n) is 15.5. The molecule has 0 bridgehead atoms. The lowest BCUT2D eigenvalue weighted by Crippen LogP contribution is -2.41. The number of carbonyl (C=O) groups excluding carboxylic acids is 1. The molecule has 1 fully saturated rings. The van der Waals surface area contributed by atoms with Crippen molar-refractivity contribution < 1.29 is 18.7 Å². The van der Waals surface area contributed by atoms with Crippen LogP contribution in [0.25, 0.3) is 0 Å². The number of urea groups is 1. The van der Waals surface area contributed by atoms with E-state index in [9.17, 15) is 9.18 Å². The van der Waals surface area contributed by atoms with Crippen molar-refractivity contribution in [2.75, 3.05) is 32.2 Å². The highest BCUT2D eigenvalue weighted by Gasteiger charge is 2.28. The molecule has 2 aromatic carbocycles. The molecule has 144 valence electrons. The number of ether oxygens (including phenoxy) is 2. The van der Waals surface area contributed by atoms with Gasteiger partial charge in [-0.1, -0.05) is 24.3 Å². The number of carbonyl (C=O) groups is 1. The minimum Gasteiger partial charge on any atom is -0.489 e. The lowest BCUT2D eigenvalue weighted by atomic mass is 9.95. The van der Waals surface area contributed by atoms with Crippen LogP contribution in [0.5, 0.6) is 5.75 Å². The number of likely N-dealkylation sites (tertiary alicyclic amines) is 1. The largest absolute Gasteiger partial charge is 0.489 e. The summed E-state index contributed by atoms with van der Waals surface area (Å²) in [5.74, 6) is 0.339. The Labute approximate surface area is 159 Å². The quantitative estimate of drug-likeness (QED) is 0.754. The predicted molar refractivity (Wildman–Crippen MR) is 103 cm³/mol. The van der Waals surface area contributed by atoms with Gasteiger partial charge in [-0.25, -0.2) is 9.18 Å². The first-order valence-electron chi connectivity index (χ1n) is 9.23. The summed E-state index contributed by atoms with van der Waals surface area (Å²) < 4.78 is 23.9. The van der Waals surface area contributed by atoms with E-state index in [1.165, 1.54) is 12.1 Å². The summed E-state index contributed by atoms with van der Waals surface area (Å²) in [5, 5.41) is 2.97. The van der Waals surface area contributed by atoms with Gasteiger partial charge in [0.2, 0.25) is 0 Å². The Morgan fingerprint density at radius 2 is 1.93 bits per heavy atom. The maximum absolute atomic E-state index is 13.3. The van der Waals surface area contributed by atoms with Gasteiger partial charge in [0.25, 0.3) is 0 Å². The number of rotatable bonds is 6. The molecule has 1 heterocycles. The van der Waals surface area contributed by atoms with E-state index in [2.05, 4.69) is 5.32 Å². The van der Waals surface area contributed by atoms with Gasteiger partial charge >= 0.3 is 6.03 Å². The van der Waals surface area contributed by atoms with E-state index in [0.29, 0.717) is 31.2 Å². The molecular weight excluding hydrogens is 347 g/mol. The van der Waals surface area contributed by atoms with E-state index in [4.69, 9.17) is 9.47 Å².